The Balaban J connectivity index is 1.91. The van der Waals surface area contributed by atoms with Gasteiger partial charge in [-0.1, -0.05) is 23.8 Å². The number of benzene rings is 2. The standard InChI is InChI=1S/C16H15F2NO/c1-11-3-2-4-13(9-11)16(20)19-8-7-12-5-6-14(17)10-15(12)18/h2-6,9-10H,7-8H2,1H3,(H,19,20). The van der Waals surface area contributed by atoms with E-state index >= 15 is 0 Å². The van der Waals surface area contributed by atoms with Crippen molar-refractivity contribution in [3.05, 3.63) is 70.8 Å². The molecule has 0 radical (unpaired) electrons. The minimum atomic E-state index is -0.602. The number of carbonyl (C=O) groups excluding carboxylic acids is 1. The van der Waals surface area contributed by atoms with E-state index in [2.05, 4.69) is 5.32 Å². The molecule has 2 aromatic rings. The van der Waals surface area contributed by atoms with Crippen LogP contribution in [0.25, 0.3) is 0 Å². The molecule has 2 aromatic carbocycles. The maximum absolute atomic E-state index is 13.4. The van der Waals surface area contributed by atoms with Gasteiger partial charge in [-0.3, -0.25) is 4.79 Å². The molecule has 0 aliphatic rings. The zero-order chi connectivity index (χ0) is 14.5. The molecule has 20 heavy (non-hydrogen) atoms. The summed E-state index contributed by atoms with van der Waals surface area (Å²) in [4.78, 5) is 11.9. The first-order valence-electron chi connectivity index (χ1n) is 6.35. The molecule has 104 valence electrons. The number of amides is 1. The van der Waals surface area contributed by atoms with Crippen molar-refractivity contribution < 1.29 is 13.6 Å². The normalized spacial score (nSPS) is 10.3. The Labute approximate surface area is 116 Å². The van der Waals surface area contributed by atoms with E-state index in [0.717, 1.165) is 11.6 Å². The van der Waals surface area contributed by atoms with Crippen LogP contribution in [0.15, 0.2) is 42.5 Å². The Morgan fingerprint density at radius 2 is 1.95 bits per heavy atom. The van der Waals surface area contributed by atoms with Crippen molar-refractivity contribution in [1.29, 1.82) is 0 Å². The average Bonchev–Trinajstić information content (AvgIpc) is 2.41. The lowest BCUT2D eigenvalue weighted by molar-refractivity contribution is 0.0954. The topological polar surface area (TPSA) is 29.1 Å². The molecule has 0 heterocycles. The zero-order valence-electron chi connectivity index (χ0n) is 11.1. The summed E-state index contributed by atoms with van der Waals surface area (Å²) in [5.41, 5.74) is 1.96. The van der Waals surface area contributed by atoms with Crippen LogP contribution in [0, 0.1) is 18.6 Å². The lowest BCUT2D eigenvalue weighted by atomic mass is 10.1. The quantitative estimate of drug-likeness (QED) is 0.911. The molecule has 1 N–H and O–H groups in total. The molecule has 2 rings (SSSR count). The molecule has 0 fully saturated rings. The number of carbonyl (C=O) groups is 1. The lowest BCUT2D eigenvalue weighted by Crippen LogP contribution is -2.25. The Morgan fingerprint density at radius 3 is 2.65 bits per heavy atom. The molecule has 1 amide bonds. The molecule has 0 spiro atoms. The highest BCUT2D eigenvalue weighted by Gasteiger charge is 2.07. The van der Waals surface area contributed by atoms with Crippen molar-refractivity contribution in [3.8, 4) is 0 Å². The van der Waals surface area contributed by atoms with Gasteiger partial charge in [-0.05, 0) is 37.1 Å². The highest BCUT2D eigenvalue weighted by Crippen LogP contribution is 2.10. The van der Waals surface area contributed by atoms with E-state index in [1.165, 1.54) is 12.1 Å². The van der Waals surface area contributed by atoms with Gasteiger partial charge in [-0.2, -0.15) is 0 Å². The zero-order valence-corrected chi connectivity index (χ0v) is 11.1. The van der Waals surface area contributed by atoms with Gasteiger partial charge in [0.05, 0.1) is 0 Å². The molecule has 2 nitrogen and oxygen atoms in total. The first-order valence-corrected chi connectivity index (χ1v) is 6.35. The van der Waals surface area contributed by atoms with Gasteiger partial charge < -0.3 is 5.32 Å². The monoisotopic (exact) mass is 275 g/mol. The summed E-state index contributed by atoms with van der Waals surface area (Å²) in [6, 6.07) is 10.7. The smallest absolute Gasteiger partial charge is 0.251 e. The molecule has 0 aliphatic heterocycles. The molecule has 0 aliphatic carbocycles. The average molecular weight is 275 g/mol. The third kappa shape index (κ3) is 3.63. The van der Waals surface area contributed by atoms with Crippen LogP contribution >= 0.6 is 0 Å². The highest BCUT2D eigenvalue weighted by atomic mass is 19.1. The summed E-state index contributed by atoms with van der Waals surface area (Å²) >= 11 is 0. The minimum absolute atomic E-state index is 0.198. The molecule has 0 atom stereocenters. The lowest BCUT2D eigenvalue weighted by Gasteiger charge is -2.07. The van der Waals surface area contributed by atoms with Gasteiger partial charge >= 0.3 is 0 Å². The Hall–Kier alpha value is -2.23. The Bertz CT molecular complexity index is 626. The molecule has 0 aromatic heterocycles. The number of hydrogen-bond donors (Lipinski definition) is 1. The van der Waals surface area contributed by atoms with Crippen LogP contribution < -0.4 is 5.32 Å². The van der Waals surface area contributed by atoms with Crippen molar-refractivity contribution in [2.45, 2.75) is 13.3 Å². The van der Waals surface area contributed by atoms with E-state index in [1.54, 1.807) is 12.1 Å². The third-order valence-electron chi connectivity index (χ3n) is 2.98. The number of aryl methyl sites for hydroxylation is 1. The van der Waals surface area contributed by atoms with Crippen LogP contribution in [0.2, 0.25) is 0 Å². The molecule has 4 heteroatoms. The van der Waals surface area contributed by atoms with E-state index in [0.29, 0.717) is 24.1 Å². The molecule has 0 saturated heterocycles. The van der Waals surface area contributed by atoms with Gasteiger partial charge in [0.1, 0.15) is 11.6 Å². The minimum Gasteiger partial charge on any atom is -0.352 e. The second-order valence-electron chi connectivity index (χ2n) is 4.61. The fourth-order valence-electron chi connectivity index (χ4n) is 1.92. The summed E-state index contributed by atoms with van der Waals surface area (Å²) in [7, 11) is 0. The van der Waals surface area contributed by atoms with E-state index in [-0.39, 0.29) is 5.91 Å². The largest absolute Gasteiger partial charge is 0.352 e. The fraction of sp³-hybridized carbons (Fsp3) is 0.188. The summed E-state index contributed by atoms with van der Waals surface area (Å²) in [5.74, 6) is -1.39. The summed E-state index contributed by atoms with van der Waals surface area (Å²) < 4.78 is 26.1. The van der Waals surface area contributed by atoms with Crippen molar-refractivity contribution in [3.63, 3.8) is 0 Å². The van der Waals surface area contributed by atoms with Gasteiger partial charge in [0.15, 0.2) is 0 Å². The molecular formula is C16H15F2NO. The van der Waals surface area contributed by atoms with E-state index in [1.807, 2.05) is 19.1 Å². The van der Waals surface area contributed by atoms with Crippen LogP contribution in [-0.2, 0) is 6.42 Å². The van der Waals surface area contributed by atoms with Crippen LogP contribution in [-0.4, -0.2) is 12.5 Å². The van der Waals surface area contributed by atoms with Crippen LogP contribution in [0.1, 0.15) is 21.5 Å². The second-order valence-corrected chi connectivity index (χ2v) is 4.61. The van der Waals surface area contributed by atoms with Gasteiger partial charge in [-0.15, -0.1) is 0 Å². The summed E-state index contributed by atoms with van der Waals surface area (Å²) in [5, 5.41) is 2.72. The predicted octanol–water partition coefficient (Wildman–Crippen LogP) is 3.25. The molecular weight excluding hydrogens is 260 g/mol. The van der Waals surface area contributed by atoms with Gasteiger partial charge in [0.25, 0.3) is 5.91 Å². The van der Waals surface area contributed by atoms with Gasteiger partial charge in [0, 0.05) is 18.2 Å². The number of hydrogen-bond acceptors (Lipinski definition) is 1. The van der Waals surface area contributed by atoms with Gasteiger partial charge in [0.2, 0.25) is 0 Å². The highest BCUT2D eigenvalue weighted by molar-refractivity contribution is 5.94. The van der Waals surface area contributed by atoms with Gasteiger partial charge in [-0.25, -0.2) is 8.78 Å². The van der Waals surface area contributed by atoms with Crippen LogP contribution in [0.5, 0.6) is 0 Å². The Morgan fingerprint density at radius 1 is 1.15 bits per heavy atom. The maximum atomic E-state index is 13.4. The Kier molecular flexibility index (Phi) is 4.45. The summed E-state index contributed by atoms with van der Waals surface area (Å²) in [6.45, 7) is 2.21. The SMILES string of the molecule is Cc1cccc(C(=O)NCCc2ccc(F)cc2F)c1. The van der Waals surface area contributed by atoms with Crippen LogP contribution in [0.3, 0.4) is 0 Å². The summed E-state index contributed by atoms with van der Waals surface area (Å²) in [6.07, 6.45) is 0.323. The maximum Gasteiger partial charge on any atom is 0.251 e. The van der Waals surface area contributed by atoms with Crippen molar-refractivity contribution in [1.82, 2.24) is 5.32 Å². The van der Waals surface area contributed by atoms with Crippen LogP contribution in [0.4, 0.5) is 8.78 Å². The first kappa shape index (κ1) is 14.2. The second kappa shape index (κ2) is 6.28. The van der Waals surface area contributed by atoms with E-state index in [4.69, 9.17) is 0 Å². The van der Waals surface area contributed by atoms with E-state index in [9.17, 15) is 13.6 Å². The van der Waals surface area contributed by atoms with Crippen molar-refractivity contribution in [2.24, 2.45) is 0 Å². The predicted molar refractivity (Wildman–Crippen MR) is 73.6 cm³/mol. The number of rotatable bonds is 4. The van der Waals surface area contributed by atoms with Crippen molar-refractivity contribution in [2.75, 3.05) is 6.54 Å². The molecule has 0 bridgehead atoms. The molecule has 0 saturated carbocycles. The third-order valence-corrected chi connectivity index (χ3v) is 2.98. The van der Waals surface area contributed by atoms with Crippen molar-refractivity contribution >= 4 is 5.91 Å². The number of halogens is 2. The van der Waals surface area contributed by atoms with E-state index < -0.39 is 11.6 Å². The fourth-order valence-corrected chi connectivity index (χ4v) is 1.92. The number of nitrogens with one attached hydrogen (secondary N) is 1. The first-order chi connectivity index (χ1) is 9.56. The molecule has 0 unspecified atom stereocenters.